The molecule has 0 fully saturated rings. The van der Waals surface area contributed by atoms with Gasteiger partial charge in [0.2, 0.25) is 0 Å². The number of carbonyl (C=O) groups excluding carboxylic acids is 2. The van der Waals surface area contributed by atoms with Crippen molar-refractivity contribution >= 4 is 45.2 Å². The van der Waals surface area contributed by atoms with Gasteiger partial charge in [-0.3, -0.25) is 9.59 Å². The topological polar surface area (TPSA) is 52.7 Å². The zero-order valence-corrected chi connectivity index (χ0v) is 20.3. The lowest BCUT2D eigenvalue weighted by molar-refractivity contribution is -0.120. The predicted molar refractivity (Wildman–Crippen MR) is 144 cm³/mol. The van der Waals surface area contributed by atoms with E-state index in [1.807, 2.05) is 118 Å². The molecular weight excluding hydrogens is 434 g/mol. The van der Waals surface area contributed by atoms with Gasteiger partial charge in [-0.05, 0) is 66.3 Å². The van der Waals surface area contributed by atoms with Crippen LogP contribution in [0, 0.1) is 13.8 Å². The molecule has 5 rings (SSSR count). The second-order valence-corrected chi connectivity index (χ2v) is 9.06. The number of amides is 2. The number of nitrogens with zero attached hydrogens (tertiary/aromatic N) is 2. The van der Waals surface area contributed by atoms with Gasteiger partial charge in [-0.2, -0.15) is 0 Å². The number of hydrogen-bond donors (Lipinski definition) is 1. The van der Waals surface area contributed by atoms with Gasteiger partial charge < -0.3 is 10.2 Å². The first-order chi connectivity index (χ1) is 16.8. The number of hydrogen-bond acceptors (Lipinski definition) is 4. The lowest BCUT2D eigenvalue weighted by Gasteiger charge is -2.18. The number of imide groups is 1. The van der Waals surface area contributed by atoms with E-state index in [-0.39, 0.29) is 17.5 Å². The second kappa shape index (κ2) is 8.76. The Balaban J connectivity index is 1.64. The minimum absolute atomic E-state index is 0.284. The van der Waals surface area contributed by atoms with Crippen LogP contribution >= 0.6 is 0 Å². The van der Waals surface area contributed by atoms with Gasteiger partial charge in [0.15, 0.2) is 0 Å². The van der Waals surface area contributed by atoms with E-state index in [1.54, 1.807) is 0 Å². The molecule has 0 bridgehead atoms. The summed E-state index contributed by atoms with van der Waals surface area (Å²) in [7, 11) is 3.90. The maximum Gasteiger partial charge on any atom is 0.282 e. The van der Waals surface area contributed by atoms with Crippen LogP contribution in [-0.4, -0.2) is 25.9 Å². The van der Waals surface area contributed by atoms with Crippen molar-refractivity contribution in [2.45, 2.75) is 13.8 Å². The van der Waals surface area contributed by atoms with Crippen LogP contribution in [0.1, 0.15) is 16.7 Å². The fourth-order valence-electron chi connectivity index (χ4n) is 4.41. The summed E-state index contributed by atoms with van der Waals surface area (Å²) in [4.78, 5) is 30.8. The van der Waals surface area contributed by atoms with Crippen molar-refractivity contribution in [3.05, 3.63) is 107 Å². The number of benzene rings is 4. The second-order valence-electron chi connectivity index (χ2n) is 9.06. The molecule has 0 atom stereocenters. The quantitative estimate of drug-likeness (QED) is 0.375. The molecule has 2 amide bonds. The van der Waals surface area contributed by atoms with Gasteiger partial charge in [0.25, 0.3) is 11.8 Å². The molecular formula is C30H27N3O2. The van der Waals surface area contributed by atoms with Crippen molar-refractivity contribution in [3.63, 3.8) is 0 Å². The van der Waals surface area contributed by atoms with Crippen LogP contribution in [0.4, 0.5) is 17.1 Å². The third kappa shape index (κ3) is 3.95. The van der Waals surface area contributed by atoms with E-state index in [1.165, 1.54) is 4.90 Å². The van der Waals surface area contributed by atoms with Crippen molar-refractivity contribution in [3.8, 4) is 0 Å². The summed E-state index contributed by atoms with van der Waals surface area (Å²) in [6.45, 7) is 4.04. The van der Waals surface area contributed by atoms with Gasteiger partial charge in [0.05, 0.1) is 11.3 Å². The summed E-state index contributed by atoms with van der Waals surface area (Å²) in [5, 5.41) is 5.37. The molecule has 0 saturated heterocycles. The average Bonchev–Trinajstić information content (AvgIpc) is 3.10. The van der Waals surface area contributed by atoms with E-state index in [2.05, 4.69) is 5.32 Å². The minimum Gasteiger partial charge on any atom is -0.378 e. The Bertz CT molecular complexity index is 1490. The molecule has 1 aliphatic rings. The highest BCUT2D eigenvalue weighted by Gasteiger charge is 2.40. The highest BCUT2D eigenvalue weighted by atomic mass is 16.2. The summed E-state index contributed by atoms with van der Waals surface area (Å²) in [5.74, 6) is -0.702. The van der Waals surface area contributed by atoms with Crippen molar-refractivity contribution in [2.75, 3.05) is 29.2 Å². The molecule has 5 nitrogen and oxygen atoms in total. The fourth-order valence-corrected chi connectivity index (χ4v) is 4.41. The van der Waals surface area contributed by atoms with Crippen LogP contribution in [0.2, 0.25) is 0 Å². The van der Waals surface area contributed by atoms with Crippen LogP contribution in [0.5, 0.6) is 0 Å². The molecule has 0 saturated carbocycles. The molecule has 0 spiro atoms. The Kier molecular flexibility index (Phi) is 5.61. The molecule has 0 radical (unpaired) electrons. The summed E-state index contributed by atoms with van der Waals surface area (Å²) < 4.78 is 0. The number of aryl methyl sites for hydroxylation is 2. The molecule has 5 heteroatoms. The first-order valence-corrected chi connectivity index (χ1v) is 11.6. The Morgan fingerprint density at radius 3 is 2.17 bits per heavy atom. The maximum atomic E-state index is 13.8. The van der Waals surface area contributed by atoms with Crippen LogP contribution in [0.25, 0.3) is 16.3 Å². The van der Waals surface area contributed by atoms with Crippen LogP contribution in [-0.2, 0) is 9.59 Å². The van der Waals surface area contributed by atoms with E-state index < -0.39 is 0 Å². The summed E-state index contributed by atoms with van der Waals surface area (Å²) in [5.41, 5.74) is 5.89. The van der Waals surface area contributed by atoms with Gasteiger partial charge >= 0.3 is 0 Å². The SMILES string of the molecule is Cc1ccc(C2=C(Nc3cccc4ccccc34)C(=O)N(c3ccc(N(C)C)cc3)C2=O)cc1C. The Labute approximate surface area is 205 Å². The normalized spacial score (nSPS) is 13.7. The minimum atomic E-state index is -0.367. The summed E-state index contributed by atoms with van der Waals surface area (Å²) in [6, 6.07) is 27.2. The zero-order valence-electron chi connectivity index (χ0n) is 20.3. The number of rotatable bonds is 5. The molecule has 174 valence electrons. The monoisotopic (exact) mass is 461 g/mol. The molecule has 4 aromatic rings. The van der Waals surface area contributed by atoms with E-state index in [9.17, 15) is 9.59 Å². The number of fused-ring (bicyclic) bond motifs is 1. The molecule has 0 aliphatic carbocycles. The summed E-state index contributed by atoms with van der Waals surface area (Å²) in [6.07, 6.45) is 0. The zero-order chi connectivity index (χ0) is 24.7. The van der Waals surface area contributed by atoms with Gasteiger partial charge in [0.1, 0.15) is 5.70 Å². The van der Waals surface area contributed by atoms with Crippen molar-refractivity contribution < 1.29 is 9.59 Å². The number of carbonyl (C=O) groups is 2. The smallest absolute Gasteiger partial charge is 0.282 e. The van der Waals surface area contributed by atoms with E-state index in [0.29, 0.717) is 11.3 Å². The van der Waals surface area contributed by atoms with Crippen LogP contribution < -0.4 is 15.1 Å². The van der Waals surface area contributed by atoms with Crippen molar-refractivity contribution in [2.24, 2.45) is 0 Å². The standard InChI is InChI=1S/C30H27N3O2/c1-19-12-13-22(18-20(19)2)27-28(31-26-11-7-9-21-8-5-6-10-25(21)26)30(35)33(29(27)34)24-16-14-23(15-17-24)32(3)4/h5-18,31H,1-4H3. The first kappa shape index (κ1) is 22.4. The van der Waals surface area contributed by atoms with E-state index in [0.717, 1.165) is 38.8 Å². The molecule has 0 unspecified atom stereocenters. The predicted octanol–water partition coefficient (Wildman–Crippen LogP) is 5.92. The molecule has 4 aromatic carbocycles. The lowest BCUT2D eigenvalue weighted by atomic mass is 9.99. The van der Waals surface area contributed by atoms with Gasteiger partial charge in [0, 0.05) is 30.9 Å². The molecule has 1 heterocycles. The summed E-state index contributed by atoms with van der Waals surface area (Å²) >= 11 is 0. The first-order valence-electron chi connectivity index (χ1n) is 11.6. The van der Waals surface area contributed by atoms with Crippen molar-refractivity contribution in [1.29, 1.82) is 0 Å². The Hall–Kier alpha value is -4.38. The third-order valence-electron chi connectivity index (χ3n) is 6.55. The number of nitrogens with one attached hydrogen (secondary N) is 1. The molecule has 35 heavy (non-hydrogen) atoms. The lowest BCUT2D eigenvalue weighted by Crippen LogP contribution is -2.32. The fraction of sp³-hybridized carbons (Fsp3) is 0.133. The highest BCUT2D eigenvalue weighted by Crippen LogP contribution is 2.36. The van der Waals surface area contributed by atoms with Gasteiger partial charge in [-0.1, -0.05) is 54.6 Å². The largest absolute Gasteiger partial charge is 0.378 e. The number of anilines is 3. The molecule has 0 aromatic heterocycles. The van der Waals surface area contributed by atoms with E-state index in [4.69, 9.17) is 0 Å². The van der Waals surface area contributed by atoms with Crippen molar-refractivity contribution in [1.82, 2.24) is 0 Å². The third-order valence-corrected chi connectivity index (χ3v) is 6.55. The van der Waals surface area contributed by atoms with E-state index >= 15 is 0 Å². The van der Waals surface area contributed by atoms with Gasteiger partial charge in [-0.25, -0.2) is 4.90 Å². The van der Waals surface area contributed by atoms with Crippen LogP contribution in [0.15, 0.2) is 90.6 Å². The highest BCUT2D eigenvalue weighted by molar-refractivity contribution is 6.46. The van der Waals surface area contributed by atoms with Crippen LogP contribution in [0.3, 0.4) is 0 Å². The van der Waals surface area contributed by atoms with Gasteiger partial charge in [-0.15, -0.1) is 0 Å². The Morgan fingerprint density at radius 1 is 0.743 bits per heavy atom. The maximum absolute atomic E-state index is 13.8. The molecule has 1 N–H and O–H groups in total. The molecule has 1 aliphatic heterocycles. The average molecular weight is 462 g/mol. The Morgan fingerprint density at radius 2 is 1.46 bits per heavy atom.